The minimum Gasteiger partial charge on any atom is -0.462 e. The molecule has 0 aromatic rings. The van der Waals surface area contributed by atoms with Crippen LogP contribution in [0.4, 0.5) is 0 Å². The first-order valence-corrected chi connectivity index (χ1v) is 31.0. The summed E-state index contributed by atoms with van der Waals surface area (Å²) in [5, 5.41) is 71.5. The lowest BCUT2D eigenvalue weighted by atomic mass is 9.76. The summed E-state index contributed by atoms with van der Waals surface area (Å²) in [6, 6.07) is 0. The Morgan fingerprint density at radius 2 is 1.47 bits per heavy atom. The molecule has 480 valence electrons. The van der Waals surface area contributed by atoms with Gasteiger partial charge in [0, 0.05) is 102 Å². The van der Waals surface area contributed by atoms with E-state index in [1.807, 2.05) is 26.0 Å². The fourth-order valence-electron chi connectivity index (χ4n) is 14.4. The lowest BCUT2D eigenvalue weighted by Gasteiger charge is -2.52. The maximum absolute atomic E-state index is 14.5. The fraction of sp³-hybridized carbons (Fsp3) is 0.781. The molecule has 2 spiro atoms. The highest BCUT2D eigenvalue weighted by atomic mass is 35.5. The molecular weight excluding hydrogens is 1120 g/mol. The van der Waals surface area contributed by atoms with E-state index in [1.165, 1.54) is 26.0 Å². The third-order valence-corrected chi connectivity index (χ3v) is 18.8. The number of fused-ring (bicyclic) bond motifs is 8. The van der Waals surface area contributed by atoms with Crippen molar-refractivity contribution in [2.24, 2.45) is 29.6 Å². The van der Waals surface area contributed by atoms with Crippen molar-refractivity contribution in [1.29, 1.82) is 0 Å². The number of rotatable bonds is 9. The van der Waals surface area contributed by atoms with Gasteiger partial charge in [-0.1, -0.05) is 95.3 Å². The molecule has 0 aromatic carbocycles. The Bertz CT molecular complexity index is 2430. The predicted octanol–water partition coefficient (Wildman–Crippen LogP) is 7.19. The Morgan fingerprint density at radius 1 is 0.812 bits per heavy atom. The number of halogens is 1. The normalized spacial score (nSPS) is 44.5. The third kappa shape index (κ3) is 18.1. The summed E-state index contributed by atoms with van der Waals surface area (Å²) in [5.74, 6) is -9.92. The summed E-state index contributed by atoms with van der Waals surface area (Å²) in [7, 11) is 1.59. The molecule has 7 aliphatic heterocycles. The summed E-state index contributed by atoms with van der Waals surface area (Å²) in [6.45, 7) is 25.5. The van der Waals surface area contributed by atoms with Crippen molar-refractivity contribution in [3.63, 3.8) is 0 Å². The Balaban J connectivity index is 1.22. The molecule has 6 fully saturated rings. The highest BCUT2D eigenvalue weighted by molar-refractivity contribution is 6.30. The number of aliphatic hydroxyl groups excluding tert-OH is 4. The minimum atomic E-state index is -2.15. The molecule has 6 N–H and O–H groups in total. The van der Waals surface area contributed by atoms with Crippen LogP contribution in [-0.4, -0.2) is 176 Å². The van der Waals surface area contributed by atoms with Gasteiger partial charge in [0.15, 0.2) is 17.4 Å². The van der Waals surface area contributed by atoms with Gasteiger partial charge < -0.3 is 78.0 Å². The van der Waals surface area contributed by atoms with Crippen LogP contribution in [0.1, 0.15) is 165 Å². The van der Waals surface area contributed by atoms with Gasteiger partial charge in [-0.3, -0.25) is 19.2 Å². The number of methoxy groups -OCH3 is 1. The molecular formula is C64H97ClO20. The molecule has 10 bridgehead atoms. The first-order chi connectivity index (χ1) is 39.8. The molecule has 2 unspecified atom stereocenters. The molecule has 7 heterocycles. The maximum atomic E-state index is 14.5. The number of esters is 3. The van der Waals surface area contributed by atoms with Crippen LogP contribution in [0.15, 0.2) is 60.2 Å². The smallest absolute Gasteiger partial charge is 0.308 e. The number of ether oxygens (including phenoxy) is 10. The molecule has 0 saturated carbocycles. The highest BCUT2D eigenvalue weighted by Crippen LogP contribution is 2.48. The zero-order valence-corrected chi connectivity index (χ0v) is 52.0. The number of hydrogen-bond acceptors (Lipinski definition) is 20. The van der Waals surface area contributed by atoms with E-state index in [2.05, 4.69) is 19.7 Å². The van der Waals surface area contributed by atoms with E-state index in [0.717, 1.165) is 0 Å². The van der Waals surface area contributed by atoms with Gasteiger partial charge in [-0.15, -0.1) is 0 Å². The lowest BCUT2D eigenvalue weighted by molar-refractivity contribution is -0.350. The van der Waals surface area contributed by atoms with E-state index in [1.54, 1.807) is 34.8 Å². The monoisotopic (exact) mass is 1220 g/mol. The molecule has 0 aromatic heterocycles. The van der Waals surface area contributed by atoms with Crippen LogP contribution in [-0.2, 0) is 66.5 Å². The topological polar surface area (TPSA) is 282 Å². The molecule has 0 aliphatic carbocycles. The van der Waals surface area contributed by atoms with Crippen molar-refractivity contribution >= 4 is 35.3 Å². The van der Waals surface area contributed by atoms with Crippen LogP contribution in [0, 0.1) is 29.6 Å². The Labute approximate surface area is 506 Å². The molecule has 0 radical (unpaired) electrons. The van der Waals surface area contributed by atoms with Crippen LogP contribution in [0.3, 0.4) is 0 Å². The maximum Gasteiger partial charge on any atom is 0.308 e. The van der Waals surface area contributed by atoms with Crippen LogP contribution >= 0.6 is 11.6 Å². The van der Waals surface area contributed by atoms with E-state index in [4.69, 9.17) is 59.0 Å². The fourth-order valence-corrected chi connectivity index (χ4v) is 14.5. The zero-order valence-electron chi connectivity index (χ0n) is 51.3. The summed E-state index contributed by atoms with van der Waals surface area (Å²) in [5.41, 5.74) is -0.440. The van der Waals surface area contributed by atoms with E-state index < -0.39 is 151 Å². The van der Waals surface area contributed by atoms with Crippen molar-refractivity contribution in [1.82, 2.24) is 0 Å². The Kier molecular flexibility index (Phi) is 23.6. The summed E-state index contributed by atoms with van der Waals surface area (Å²) < 4.78 is 63.9. The largest absolute Gasteiger partial charge is 0.462 e. The van der Waals surface area contributed by atoms with E-state index >= 15 is 0 Å². The van der Waals surface area contributed by atoms with Crippen molar-refractivity contribution in [2.45, 2.75) is 279 Å². The first kappa shape index (κ1) is 69.0. The van der Waals surface area contributed by atoms with Gasteiger partial charge >= 0.3 is 17.9 Å². The van der Waals surface area contributed by atoms with Crippen molar-refractivity contribution < 1.29 is 97.2 Å². The van der Waals surface area contributed by atoms with Crippen molar-refractivity contribution in [2.75, 3.05) is 7.11 Å². The van der Waals surface area contributed by atoms with Gasteiger partial charge in [-0.25, -0.2) is 0 Å². The summed E-state index contributed by atoms with van der Waals surface area (Å²) in [4.78, 5) is 54.4. The zero-order chi connectivity index (χ0) is 62.5. The SMILES string of the molecule is C=C(Cl)/C=C/[C@@H](O)CC(=C)C[C@H]1O[C@@H]2[C@H](C)[C@@H](OC(=O)C[C@H]3C[C@H](OC(C)=O)CC4(C[C@@](C)(O)CC(CC(=C)[C@@H](C)[C@H](OC(C)=O)[C@H](C)C(=O)C[C@@H]5C[C@H](OC)C[C@@]6(C[C@@H](O)C[C@H](/C=C\CCC[C@H]7O[C@](O)(C[C@H](C)[C@H]7C)[C@H]2O)O6)O5)O4)O3)[C@@H]1O. The number of Topliss-reactive ketones (excluding diaryl/α,β-unsaturated/α-hetero) is 1. The second kappa shape index (κ2) is 29.0. The molecule has 6 saturated heterocycles. The highest BCUT2D eigenvalue weighted by Gasteiger charge is 2.58. The quantitative estimate of drug-likeness (QED) is 0.0577. The number of aliphatic hydroxyl groups is 6. The predicted molar refractivity (Wildman–Crippen MR) is 311 cm³/mol. The van der Waals surface area contributed by atoms with E-state index in [0.29, 0.717) is 49.7 Å². The molecule has 20 nitrogen and oxygen atoms in total. The average molecular weight is 1220 g/mol. The Morgan fingerprint density at radius 3 is 2.15 bits per heavy atom. The Hall–Kier alpha value is -3.45. The molecule has 7 aliphatic rings. The molecule has 7 rings (SSSR count). The summed E-state index contributed by atoms with van der Waals surface area (Å²) in [6.07, 6.45) is -5.36. The molecule has 85 heavy (non-hydrogen) atoms. The lowest BCUT2D eigenvalue weighted by Crippen LogP contribution is -2.65. The summed E-state index contributed by atoms with van der Waals surface area (Å²) >= 11 is 5.90. The van der Waals surface area contributed by atoms with Crippen LogP contribution in [0.2, 0.25) is 0 Å². The number of ketones is 1. The van der Waals surface area contributed by atoms with Crippen molar-refractivity contribution in [3.8, 4) is 0 Å². The van der Waals surface area contributed by atoms with E-state index in [9.17, 15) is 49.8 Å². The van der Waals surface area contributed by atoms with Gasteiger partial charge in [0.05, 0.1) is 79.0 Å². The molecule has 0 amide bonds. The third-order valence-electron chi connectivity index (χ3n) is 18.7. The second-order valence-corrected chi connectivity index (χ2v) is 26.8. The molecule has 21 heteroatoms. The first-order valence-electron chi connectivity index (χ1n) is 30.6. The number of allylic oxidation sites excluding steroid dienone is 3. The standard InChI is InChI=1S/C64H97ClO20/c1-34(20-44(68)19-18-37(4)65)21-54-56(72)58-41(8)59(79-54)60(73)64(75)28-36(3)38(5)53(85-64)17-15-13-14-16-46-23-45(69)29-62(81-46)31-49(76-12)24-47(82-62)26-52(70)40(7)57(78-43(10)67)39(6)35(2)22-51-30-61(11,74)33-63(84-51)32-50(77-42(9)66)25-48(83-63)27-55(71)80-58/h14,16,18-19,36,38-41,44-51,53-54,56-60,68-69,72-75H,1-2,4,13,15,17,20-33H2,3,5-12H3/b16-14-,19-18+/t36-,38+,39+,40+,41+,44+,45-,46-,47-,48+,49-,50-,51?,53+,54+,56+,57-,58+,59+,60-,61-,62+,63?,64+/m0/s1. The average Bonchev–Trinajstić information content (AvgIpc) is 1.35. The van der Waals surface area contributed by atoms with Gasteiger partial charge in [-0.2, -0.15) is 0 Å². The second-order valence-electron chi connectivity index (χ2n) is 26.3. The van der Waals surface area contributed by atoms with Gasteiger partial charge in [-0.05, 0) is 63.4 Å². The number of hydrogen-bond donors (Lipinski definition) is 6. The van der Waals surface area contributed by atoms with E-state index in [-0.39, 0.29) is 93.0 Å². The van der Waals surface area contributed by atoms with Gasteiger partial charge in [0.2, 0.25) is 0 Å². The van der Waals surface area contributed by atoms with Crippen LogP contribution < -0.4 is 0 Å². The minimum absolute atomic E-state index is 0.0145. The van der Waals surface area contributed by atoms with Crippen LogP contribution in [0.25, 0.3) is 0 Å². The number of carbonyl (C=O) groups is 4. The van der Waals surface area contributed by atoms with Crippen molar-refractivity contribution in [3.05, 3.63) is 60.2 Å². The van der Waals surface area contributed by atoms with Gasteiger partial charge in [0.25, 0.3) is 0 Å². The number of carbonyl (C=O) groups excluding carboxylic acids is 4. The van der Waals surface area contributed by atoms with Gasteiger partial charge in [0.1, 0.15) is 36.3 Å². The van der Waals surface area contributed by atoms with Crippen LogP contribution in [0.5, 0.6) is 0 Å². The molecule has 24 atom stereocenters.